The SMILES string of the molecule is CCCNC(Cc1c(C)cccc1C)C1CCCCCC1. The lowest BCUT2D eigenvalue weighted by molar-refractivity contribution is 0.317. The van der Waals surface area contributed by atoms with E-state index in [1.807, 2.05) is 0 Å². The molecule has 1 heteroatoms. The van der Waals surface area contributed by atoms with Gasteiger partial charge in [-0.1, -0.05) is 50.8 Å². The lowest BCUT2D eigenvalue weighted by Gasteiger charge is -2.28. The lowest BCUT2D eigenvalue weighted by Crippen LogP contribution is -2.38. The largest absolute Gasteiger partial charge is 0.313 e. The van der Waals surface area contributed by atoms with Crippen LogP contribution in [0.5, 0.6) is 0 Å². The maximum Gasteiger partial charge on any atom is 0.0136 e. The van der Waals surface area contributed by atoms with E-state index in [4.69, 9.17) is 0 Å². The van der Waals surface area contributed by atoms with Crippen LogP contribution in [0.4, 0.5) is 0 Å². The highest BCUT2D eigenvalue weighted by atomic mass is 14.9. The van der Waals surface area contributed by atoms with Gasteiger partial charge in [0.1, 0.15) is 0 Å². The third kappa shape index (κ3) is 4.85. The van der Waals surface area contributed by atoms with Gasteiger partial charge < -0.3 is 5.32 Å². The maximum atomic E-state index is 3.87. The zero-order valence-electron chi connectivity index (χ0n) is 14.3. The van der Waals surface area contributed by atoms with E-state index >= 15 is 0 Å². The van der Waals surface area contributed by atoms with Crippen LogP contribution in [-0.2, 0) is 6.42 Å². The second-order valence-corrected chi connectivity index (χ2v) is 6.89. The molecule has 118 valence electrons. The van der Waals surface area contributed by atoms with Crippen LogP contribution in [0.1, 0.15) is 68.6 Å². The first-order chi connectivity index (χ1) is 10.2. The van der Waals surface area contributed by atoms with E-state index in [1.54, 1.807) is 5.56 Å². The minimum atomic E-state index is 0.669. The molecule has 0 heterocycles. The zero-order valence-corrected chi connectivity index (χ0v) is 14.3. The second-order valence-electron chi connectivity index (χ2n) is 6.89. The van der Waals surface area contributed by atoms with E-state index in [1.165, 1.54) is 62.5 Å². The Hall–Kier alpha value is -0.820. The maximum absolute atomic E-state index is 3.87. The van der Waals surface area contributed by atoms with Gasteiger partial charge in [-0.3, -0.25) is 0 Å². The summed E-state index contributed by atoms with van der Waals surface area (Å²) in [6.07, 6.45) is 11.0. The van der Waals surface area contributed by atoms with Crippen LogP contribution in [-0.4, -0.2) is 12.6 Å². The Bertz CT molecular complexity index is 396. The average Bonchev–Trinajstić information content (AvgIpc) is 2.75. The van der Waals surface area contributed by atoms with Crippen molar-refractivity contribution in [2.24, 2.45) is 5.92 Å². The van der Waals surface area contributed by atoms with Crippen molar-refractivity contribution in [2.45, 2.75) is 78.2 Å². The number of benzene rings is 1. The first-order valence-electron chi connectivity index (χ1n) is 9.00. The average molecular weight is 287 g/mol. The Kier molecular flexibility index (Phi) is 6.76. The molecule has 0 saturated heterocycles. The summed E-state index contributed by atoms with van der Waals surface area (Å²) >= 11 is 0. The number of hydrogen-bond donors (Lipinski definition) is 1. The molecule has 0 radical (unpaired) electrons. The van der Waals surface area contributed by atoms with Gasteiger partial charge in [-0.15, -0.1) is 0 Å². The summed E-state index contributed by atoms with van der Waals surface area (Å²) in [7, 11) is 0. The Labute approximate surface area is 131 Å². The van der Waals surface area contributed by atoms with Crippen molar-refractivity contribution in [3.63, 3.8) is 0 Å². The minimum Gasteiger partial charge on any atom is -0.313 e. The van der Waals surface area contributed by atoms with Gasteiger partial charge in [0.15, 0.2) is 0 Å². The molecule has 1 fully saturated rings. The van der Waals surface area contributed by atoms with Crippen molar-refractivity contribution in [2.75, 3.05) is 6.54 Å². The summed E-state index contributed by atoms with van der Waals surface area (Å²) in [6, 6.07) is 7.40. The molecule has 1 aliphatic rings. The smallest absolute Gasteiger partial charge is 0.0136 e. The van der Waals surface area contributed by atoms with Gasteiger partial charge in [0.25, 0.3) is 0 Å². The van der Waals surface area contributed by atoms with Crippen LogP contribution in [0.2, 0.25) is 0 Å². The van der Waals surface area contributed by atoms with Gasteiger partial charge >= 0.3 is 0 Å². The number of hydrogen-bond acceptors (Lipinski definition) is 1. The molecule has 0 spiro atoms. The summed E-state index contributed by atoms with van der Waals surface area (Å²) in [5.74, 6) is 0.873. The van der Waals surface area contributed by atoms with E-state index in [-0.39, 0.29) is 0 Å². The molecule has 1 nitrogen and oxygen atoms in total. The molecule has 1 saturated carbocycles. The summed E-state index contributed by atoms with van der Waals surface area (Å²) < 4.78 is 0. The molecule has 1 atom stereocenters. The molecule has 1 unspecified atom stereocenters. The molecule has 1 aliphatic carbocycles. The van der Waals surface area contributed by atoms with Crippen molar-refractivity contribution in [3.05, 3.63) is 34.9 Å². The van der Waals surface area contributed by atoms with Crippen molar-refractivity contribution < 1.29 is 0 Å². The third-order valence-corrected chi connectivity index (χ3v) is 5.19. The molecule has 0 aliphatic heterocycles. The monoisotopic (exact) mass is 287 g/mol. The lowest BCUT2D eigenvalue weighted by atomic mass is 9.85. The van der Waals surface area contributed by atoms with Crippen LogP contribution in [0.3, 0.4) is 0 Å². The number of rotatable bonds is 6. The Morgan fingerprint density at radius 3 is 2.24 bits per heavy atom. The van der Waals surface area contributed by atoms with Gasteiger partial charge in [0.05, 0.1) is 0 Å². The summed E-state index contributed by atoms with van der Waals surface area (Å²) in [6.45, 7) is 7.97. The van der Waals surface area contributed by atoms with Crippen LogP contribution in [0.25, 0.3) is 0 Å². The zero-order chi connectivity index (χ0) is 15.1. The predicted molar refractivity (Wildman–Crippen MR) is 92.9 cm³/mol. The number of nitrogens with one attached hydrogen (secondary N) is 1. The predicted octanol–water partition coefficient (Wildman–Crippen LogP) is 5.18. The molecule has 0 bridgehead atoms. The normalized spacial score (nSPS) is 18.4. The van der Waals surface area contributed by atoms with Crippen molar-refractivity contribution in [1.29, 1.82) is 0 Å². The first-order valence-corrected chi connectivity index (χ1v) is 9.00. The van der Waals surface area contributed by atoms with E-state index < -0.39 is 0 Å². The van der Waals surface area contributed by atoms with E-state index in [2.05, 4.69) is 44.3 Å². The number of aryl methyl sites for hydroxylation is 2. The van der Waals surface area contributed by atoms with Crippen molar-refractivity contribution >= 4 is 0 Å². The molecular weight excluding hydrogens is 254 g/mol. The molecule has 0 aromatic heterocycles. The van der Waals surface area contributed by atoms with Crippen LogP contribution < -0.4 is 5.32 Å². The van der Waals surface area contributed by atoms with Crippen LogP contribution in [0.15, 0.2) is 18.2 Å². The highest BCUT2D eigenvalue weighted by molar-refractivity contribution is 5.34. The second kappa shape index (κ2) is 8.58. The molecular formula is C20H33N. The molecule has 1 N–H and O–H groups in total. The molecule has 0 amide bonds. The fourth-order valence-electron chi connectivity index (χ4n) is 3.84. The highest BCUT2D eigenvalue weighted by Gasteiger charge is 2.23. The Morgan fingerprint density at radius 2 is 1.67 bits per heavy atom. The fraction of sp³-hybridized carbons (Fsp3) is 0.700. The Morgan fingerprint density at radius 1 is 1.05 bits per heavy atom. The molecule has 21 heavy (non-hydrogen) atoms. The molecule has 2 rings (SSSR count). The summed E-state index contributed by atoms with van der Waals surface area (Å²) in [5, 5.41) is 3.87. The quantitative estimate of drug-likeness (QED) is 0.710. The minimum absolute atomic E-state index is 0.669. The topological polar surface area (TPSA) is 12.0 Å². The summed E-state index contributed by atoms with van der Waals surface area (Å²) in [5.41, 5.74) is 4.51. The van der Waals surface area contributed by atoms with Gasteiger partial charge in [0.2, 0.25) is 0 Å². The summed E-state index contributed by atoms with van der Waals surface area (Å²) in [4.78, 5) is 0. The molecule has 1 aromatic carbocycles. The standard InChI is InChI=1S/C20H33N/c1-4-14-21-20(18-12-7-5-6-8-13-18)15-19-16(2)10-9-11-17(19)3/h9-11,18,20-21H,4-8,12-15H2,1-3H3. The van der Waals surface area contributed by atoms with Crippen molar-refractivity contribution in [3.8, 4) is 0 Å². The van der Waals surface area contributed by atoms with Gasteiger partial charge in [-0.2, -0.15) is 0 Å². The molecule has 1 aromatic rings. The van der Waals surface area contributed by atoms with E-state index in [0.29, 0.717) is 6.04 Å². The van der Waals surface area contributed by atoms with Crippen LogP contribution in [0, 0.1) is 19.8 Å². The van der Waals surface area contributed by atoms with Crippen molar-refractivity contribution in [1.82, 2.24) is 5.32 Å². The van der Waals surface area contributed by atoms with Gasteiger partial charge in [-0.05, 0) is 68.7 Å². The fourth-order valence-corrected chi connectivity index (χ4v) is 3.84. The highest BCUT2D eigenvalue weighted by Crippen LogP contribution is 2.28. The first kappa shape index (κ1) is 16.5. The van der Waals surface area contributed by atoms with Gasteiger partial charge in [0, 0.05) is 6.04 Å². The third-order valence-electron chi connectivity index (χ3n) is 5.19. The van der Waals surface area contributed by atoms with Gasteiger partial charge in [-0.25, -0.2) is 0 Å². The van der Waals surface area contributed by atoms with E-state index in [9.17, 15) is 0 Å². The van der Waals surface area contributed by atoms with Crippen LogP contribution >= 0.6 is 0 Å². The Balaban J connectivity index is 2.11. The van der Waals surface area contributed by atoms with E-state index in [0.717, 1.165) is 12.5 Å².